The maximum absolute atomic E-state index is 13.0. The highest BCUT2D eigenvalue weighted by atomic mass is 16.2. The maximum Gasteiger partial charge on any atom is 0.256 e. The first kappa shape index (κ1) is 13.4. The molecule has 1 aliphatic heterocycles. The minimum Gasteiger partial charge on any atom is -0.385 e. The number of para-hydroxylation sites is 1. The molecule has 0 bridgehead atoms. The SMILES string of the molecule is Nc1c2c(nn1C(=O)C1CCNc3ccccc31)CCCC2. The van der Waals surface area contributed by atoms with Gasteiger partial charge in [0.15, 0.2) is 0 Å². The fraction of sp³-hybridized carbons (Fsp3) is 0.412. The molecular weight excluding hydrogens is 276 g/mol. The van der Waals surface area contributed by atoms with Gasteiger partial charge in [0.1, 0.15) is 5.82 Å². The van der Waals surface area contributed by atoms with Crippen LogP contribution in [0.1, 0.15) is 46.8 Å². The molecule has 5 heteroatoms. The Morgan fingerprint density at radius 3 is 2.95 bits per heavy atom. The standard InChI is InChI=1S/C17H20N4O/c18-16-13-6-2-4-8-15(13)20-21(16)17(22)12-9-10-19-14-7-3-1-5-11(12)14/h1,3,5,7,12,19H,2,4,6,8-10,18H2. The van der Waals surface area contributed by atoms with E-state index in [2.05, 4.69) is 10.4 Å². The fourth-order valence-corrected chi connectivity index (χ4v) is 3.62. The highest BCUT2D eigenvalue weighted by Crippen LogP contribution is 2.34. The number of nitrogen functional groups attached to an aromatic ring is 1. The molecule has 1 aromatic heterocycles. The summed E-state index contributed by atoms with van der Waals surface area (Å²) in [5.41, 5.74) is 10.4. The molecule has 3 N–H and O–H groups in total. The van der Waals surface area contributed by atoms with E-state index >= 15 is 0 Å². The summed E-state index contributed by atoms with van der Waals surface area (Å²) in [5, 5.41) is 7.87. The van der Waals surface area contributed by atoms with E-state index in [4.69, 9.17) is 5.73 Å². The van der Waals surface area contributed by atoms with Crippen molar-refractivity contribution in [3.8, 4) is 0 Å². The van der Waals surface area contributed by atoms with Gasteiger partial charge in [0.2, 0.25) is 0 Å². The molecule has 2 aromatic rings. The Kier molecular flexibility index (Phi) is 3.13. The van der Waals surface area contributed by atoms with Gasteiger partial charge in [-0.3, -0.25) is 4.79 Å². The lowest BCUT2D eigenvalue weighted by molar-refractivity contribution is 0.0859. The molecule has 0 fully saturated rings. The first-order chi connectivity index (χ1) is 10.8. The number of carbonyl (C=O) groups is 1. The molecule has 1 unspecified atom stereocenters. The van der Waals surface area contributed by atoms with Crippen molar-refractivity contribution in [1.82, 2.24) is 9.78 Å². The number of nitrogens with zero attached hydrogens (tertiary/aromatic N) is 2. The number of nitrogens with two attached hydrogens (primary N) is 1. The molecule has 1 atom stereocenters. The molecule has 2 heterocycles. The van der Waals surface area contributed by atoms with E-state index in [1.165, 1.54) is 4.68 Å². The monoisotopic (exact) mass is 296 g/mol. The molecule has 0 spiro atoms. The third-order valence-electron chi connectivity index (χ3n) is 4.79. The van der Waals surface area contributed by atoms with Crippen LogP contribution in [0.5, 0.6) is 0 Å². The summed E-state index contributed by atoms with van der Waals surface area (Å²) in [5.74, 6) is 0.387. The third kappa shape index (κ3) is 2.00. The molecular formula is C17H20N4O. The Bertz CT molecular complexity index is 734. The molecule has 0 radical (unpaired) electrons. The van der Waals surface area contributed by atoms with Gasteiger partial charge < -0.3 is 11.1 Å². The molecule has 0 saturated heterocycles. The van der Waals surface area contributed by atoms with E-state index in [0.717, 1.165) is 61.2 Å². The van der Waals surface area contributed by atoms with Crippen LogP contribution in [-0.4, -0.2) is 22.2 Å². The van der Waals surface area contributed by atoms with Crippen LogP contribution in [0.25, 0.3) is 0 Å². The molecule has 4 rings (SSSR count). The third-order valence-corrected chi connectivity index (χ3v) is 4.79. The van der Waals surface area contributed by atoms with Crippen molar-refractivity contribution < 1.29 is 4.79 Å². The molecule has 2 aliphatic rings. The topological polar surface area (TPSA) is 72.9 Å². The number of nitrogens with one attached hydrogen (secondary N) is 1. The lowest BCUT2D eigenvalue weighted by atomic mass is 9.90. The first-order valence-corrected chi connectivity index (χ1v) is 7.99. The number of rotatable bonds is 1. The van der Waals surface area contributed by atoms with Crippen molar-refractivity contribution in [2.75, 3.05) is 17.6 Å². The summed E-state index contributed by atoms with van der Waals surface area (Å²) in [4.78, 5) is 13.0. The Labute approximate surface area is 129 Å². The number of carbonyl (C=O) groups excluding carboxylic acids is 1. The zero-order valence-electron chi connectivity index (χ0n) is 12.5. The van der Waals surface area contributed by atoms with Gasteiger partial charge in [-0.15, -0.1) is 0 Å². The zero-order valence-corrected chi connectivity index (χ0v) is 12.5. The predicted octanol–water partition coefficient (Wildman–Crippen LogP) is 2.58. The van der Waals surface area contributed by atoms with Crippen molar-refractivity contribution in [1.29, 1.82) is 0 Å². The average Bonchev–Trinajstić information content (AvgIpc) is 2.91. The van der Waals surface area contributed by atoms with Crippen molar-refractivity contribution >= 4 is 17.4 Å². The van der Waals surface area contributed by atoms with Crippen LogP contribution in [0.3, 0.4) is 0 Å². The van der Waals surface area contributed by atoms with Gasteiger partial charge >= 0.3 is 0 Å². The lowest BCUT2D eigenvalue weighted by Crippen LogP contribution is -2.28. The number of hydrogen-bond acceptors (Lipinski definition) is 4. The molecule has 0 amide bonds. The van der Waals surface area contributed by atoms with Gasteiger partial charge in [0, 0.05) is 17.8 Å². The van der Waals surface area contributed by atoms with Crippen LogP contribution in [0, 0.1) is 0 Å². The quantitative estimate of drug-likeness (QED) is 0.848. The van der Waals surface area contributed by atoms with E-state index in [0.29, 0.717) is 5.82 Å². The molecule has 114 valence electrons. The van der Waals surface area contributed by atoms with Crippen LogP contribution < -0.4 is 11.1 Å². The molecule has 1 aromatic carbocycles. The molecule has 1 aliphatic carbocycles. The average molecular weight is 296 g/mol. The predicted molar refractivity (Wildman–Crippen MR) is 86.2 cm³/mol. The van der Waals surface area contributed by atoms with Crippen LogP contribution >= 0.6 is 0 Å². The van der Waals surface area contributed by atoms with Crippen molar-refractivity contribution in [2.45, 2.75) is 38.0 Å². The maximum atomic E-state index is 13.0. The summed E-state index contributed by atoms with van der Waals surface area (Å²) >= 11 is 0. The number of hydrogen-bond donors (Lipinski definition) is 2. The van der Waals surface area contributed by atoms with E-state index < -0.39 is 0 Å². The van der Waals surface area contributed by atoms with E-state index in [1.807, 2.05) is 24.3 Å². The van der Waals surface area contributed by atoms with Crippen molar-refractivity contribution in [3.05, 3.63) is 41.1 Å². The van der Waals surface area contributed by atoms with Crippen molar-refractivity contribution in [2.24, 2.45) is 0 Å². The Morgan fingerprint density at radius 1 is 1.27 bits per heavy atom. The zero-order chi connectivity index (χ0) is 15.1. The smallest absolute Gasteiger partial charge is 0.256 e. The van der Waals surface area contributed by atoms with Crippen molar-refractivity contribution in [3.63, 3.8) is 0 Å². The number of anilines is 2. The van der Waals surface area contributed by atoms with Gasteiger partial charge in [0.05, 0.1) is 11.6 Å². The van der Waals surface area contributed by atoms with Crippen LogP contribution in [0.4, 0.5) is 11.5 Å². The van der Waals surface area contributed by atoms with E-state index in [-0.39, 0.29) is 11.8 Å². The molecule has 22 heavy (non-hydrogen) atoms. The molecule has 5 nitrogen and oxygen atoms in total. The lowest BCUT2D eigenvalue weighted by Gasteiger charge is -2.25. The minimum atomic E-state index is -0.166. The Morgan fingerprint density at radius 2 is 2.09 bits per heavy atom. The number of fused-ring (bicyclic) bond motifs is 2. The number of benzene rings is 1. The Hall–Kier alpha value is -2.30. The second kappa shape index (κ2) is 5.16. The highest BCUT2D eigenvalue weighted by Gasteiger charge is 2.30. The summed E-state index contributed by atoms with van der Waals surface area (Å²) in [6, 6.07) is 8.00. The van der Waals surface area contributed by atoms with Gasteiger partial charge in [-0.2, -0.15) is 9.78 Å². The van der Waals surface area contributed by atoms with E-state index in [1.54, 1.807) is 0 Å². The van der Waals surface area contributed by atoms with Crippen LogP contribution in [0.2, 0.25) is 0 Å². The van der Waals surface area contributed by atoms with Gasteiger partial charge in [-0.05, 0) is 43.7 Å². The highest BCUT2D eigenvalue weighted by molar-refractivity contribution is 5.90. The van der Waals surface area contributed by atoms with Gasteiger partial charge in [-0.25, -0.2) is 0 Å². The summed E-state index contributed by atoms with van der Waals surface area (Å²) in [6.45, 7) is 0.800. The summed E-state index contributed by atoms with van der Waals surface area (Å²) in [7, 11) is 0. The second-order valence-corrected chi connectivity index (χ2v) is 6.12. The van der Waals surface area contributed by atoms with Crippen LogP contribution in [-0.2, 0) is 12.8 Å². The second-order valence-electron chi connectivity index (χ2n) is 6.12. The fourth-order valence-electron chi connectivity index (χ4n) is 3.62. The first-order valence-electron chi connectivity index (χ1n) is 7.99. The number of aryl methyl sites for hydroxylation is 1. The number of aromatic nitrogens is 2. The summed E-state index contributed by atoms with van der Waals surface area (Å²) in [6.07, 6.45) is 4.92. The Balaban J connectivity index is 1.73. The van der Waals surface area contributed by atoms with Gasteiger partial charge in [-0.1, -0.05) is 18.2 Å². The minimum absolute atomic E-state index is 0.000787. The normalized spacial score (nSPS) is 19.9. The largest absolute Gasteiger partial charge is 0.385 e. The van der Waals surface area contributed by atoms with E-state index in [9.17, 15) is 4.79 Å². The van der Waals surface area contributed by atoms with Gasteiger partial charge in [0.25, 0.3) is 5.91 Å². The molecule has 0 saturated carbocycles. The summed E-state index contributed by atoms with van der Waals surface area (Å²) < 4.78 is 1.46. The van der Waals surface area contributed by atoms with Crippen LogP contribution in [0.15, 0.2) is 24.3 Å².